The second kappa shape index (κ2) is 7.96. The van der Waals surface area contributed by atoms with Crippen LogP contribution >= 0.6 is 0 Å². The third kappa shape index (κ3) is 11.9. The SMILES string of the molecule is CC(C)(C)OC(=O)CCC(=O)NS(=O)(=O)CCCC(N)=O. The summed E-state index contributed by atoms with van der Waals surface area (Å²) in [5.74, 6) is -2.36. The maximum absolute atomic E-state index is 11.5. The Balaban J connectivity index is 4.13. The average Bonchev–Trinajstić information content (AvgIpc) is 2.22. The van der Waals surface area contributed by atoms with Gasteiger partial charge < -0.3 is 10.5 Å². The number of rotatable bonds is 8. The molecule has 0 bridgehead atoms. The third-order valence-corrected chi connectivity index (χ3v) is 3.45. The van der Waals surface area contributed by atoms with Crippen molar-refractivity contribution in [1.82, 2.24) is 4.72 Å². The second-order valence-electron chi connectivity index (χ2n) is 5.50. The van der Waals surface area contributed by atoms with E-state index in [-0.39, 0.29) is 31.4 Å². The van der Waals surface area contributed by atoms with Gasteiger partial charge in [-0.1, -0.05) is 0 Å². The van der Waals surface area contributed by atoms with Crippen LogP contribution < -0.4 is 10.5 Å². The molecule has 0 aliphatic carbocycles. The van der Waals surface area contributed by atoms with Crippen molar-refractivity contribution >= 4 is 27.8 Å². The Hall–Kier alpha value is -1.64. The molecule has 0 aliphatic rings. The predicted molar refractivity (Wildman–Crippen MR) is 75.4 cm³/mol. The number of nitrogens with two attached hydrogens (primary N) is 1. The molecule has 21 heavy (non-hydrogen) atoms. The van der Waals surface area contributed by atoms with Crippen molar-refractivity contribution in [2.45, 2.75) is 52.1 Å². The first kappa shape index (κ1) is 19.4. The number of sulfonamides is 1. The minimum Gasteiger partial charge on any atom is -0.460 e. The van der Waals surface area contributed by atoms with Crippen LogP contribution in [0.15, 0.2) is 0 Å². The number of esters is 1. The lowest BCUT2D eigenvalue weighted by atomic mass is 10.2. The molecule has 0 aliphatic heterocycles. The predicted octanol–water partition coefficient (Wildman–Crippen LogP) is -0.180. The van der Waals surface area contributed by atoms with Crippen molar-refractivity contribution in [3.63, 3.8) is 0 Å². The van der Waals surface area contributed by atoms with Crippen LogP contribution in [0.3, 0.4) is 0 Å². The zero-order valence-corrected chi connectivity index (χ0v) is 13.3. The van der Waals surface area contributed by atoms with Gasteiger partial charge in [-0.05, 0) is 27.2 Å². The van der Waals surface area contributed by atoms with Crippen molar-refractivity contribution in [3.05, 3.63) is 0 Å². The number of hydrogen-bond acceptors (Lipinski definition) is 6. The van der Waals surface area contributed by atoms with Gasteiger partial charge in [0.2, 0.25) is 21.8 Å². The number of primary amides is 1. The zero-order chi connectivity index (χ0) is 16.7. The Kier molecular flexibility index (Phi) is 7.34. The molecule has 0 atom stereocenters. The van der Waals surface area contributed by atoms with E-state index in [9.17, 15) is 22.8 Å². The summed E-state index contributed by atoms with van der Waals surface area (Å²) in [6.45, 7) is 5.07. The molecule has 0 heterocycles. The van der Waals surface area contributed by atoms with Crippen LogP contribution in [0.25, 0.3) is 0 Å². The number of amides is 2. The molecule has 8 nitrogen and oxygen atoms in total. The number of hydrogen-bond donors (Lipinski definition) is 2. The lowest BCUT2D eigenvalue weighted by Gasteiger charge is -2.19. The first-order chi connectivity index (χ1) is 9.41. The molecule has 0 fully saturated rings. The van der Waals surface area contributed by atoms with Gasteiger partial charge in [0, 0.05) is 12.8 Å². The van der Waals surface area contributed by atoms with Crippen molar-refractivity contribution in [2.75, 3.05) is 5.75 Å². The van der Waals surface area contributed by atoms with Crippen molar-refractivity contribution in [3.8, 4) is 0 Å². The molecule has 0 saturated carbocycles. The fraction of sp³-hybridized carbons (Fsp3) is 0.750. The highest BCUT2D eigenvalue weighted by atomic mass is 32.2. The van der Waals surface area contributed by atoms with E-state index in [0.717, 1.165) is 0 Å². The zero-order valence-electron chi connectivity index (χ0n) is 12.5. The van der Waals surface area contributed by atoms with Gasteiger partial charge in [-0.3, -0.25) is 19.1 Å². The number of ether oxygens (including phenoxy) is 1. The van der Waals surface area contributed by atoms with Crippen LogP contribution in [0.5, 0.6) is 0 Å². The standard InChI is InChI=1S/C12H22N2O6S/c1-12(2,3)20-11(17)7-6-10(16)14-21(18,19)8-4-5-9(13)15/h4-8H2,1-3H3,(H2,13,15)(H,14,16). The van der Waals surface area contributed by atoms with E-state index in [0.29, 0.717) is 0 Å². The summed E-state index contributed by atoms with van der Waals surface area (Å²) in [4.78, 5) is 33.3. The summed E-state index contributed by atoms with van der Waals surface area (Å²) in [6.07, 6.45) is -0.541. The smallest absolute Gasteiger partial charge is 0.306 e. The molecule has 0 rings (SSSR count). The third-order valence-electron chi connectivity index (χ3n) is 2.08. The molecule has 122 valence electrons. The molecule has 0 aromatic heterocycles. The molecule has 2 amide bonds. The second-order valence-corrected chi connectivity index (χ2v) is 7.34. The normalized spacial score (nSPS) is 11.8. The first-order valence-corrected chi connectivity index (χ1v) is 8.10. The minimum atomic E-state index is -3.82. The molecular weight excluding hydrogens is 300 g/mol. The highest BCUT2D eigenvalue weighted by Gasteiger charge is 2.19. The highest BCUT2D eigenvalue weighted by molar-refractivity contribution is 7.90. The number of nitrogens with one attached hydrogen (secondary N) is 1. The lowest BCUT2D eigenvalue weighted by Crippen LogP contribution is -2.33. The molecule has 9 heteroatoms. The molecule has 0 aromatic carbocycles. The lowest BCUT2D eigenvalue weighted by molar-refractivity contribution is -0.155. The summed E-state index contributed by atoms with van der Waals surface area (Å²) >= 11 is 0. The maximum Gasteiger partial charge on any atom is 0.306 e. The fourth-order valence-electron chi connectivity index (χ4n) is 1.32. The largest absolute Gasteiger partial charge is 0.460 e. The molecule has 0 radical (unpaired) electrons. The Bertz CT molecular complexity index is 492. The van der Waals surface area contributed by atoms with Gasteiger partial charge in [-0.25, -0.2) is 8.42 Å². The van der Waals surface area contributed by atoms with Crippen LogP contribution in [-0.2, 0) is 29.1 Å². The quantitative estimate of drug-likeness (QED) is 0.596. The van der Waals surface area contributed by atoms with E-state index in [4.69, 9.17) is 10.5 Å². The molecule has 3 N–H and O–H groups in total. The minimum absolute atomic E-state index is 0.0318. The summed E-state index contributed by atoms with van der Waals surface area (Å²) in [7, 11) is -3.82. The Labute approximate surface area is 124 Å². The van der Waals surface area contributed by atoms with Crippen LogP contribution in [0.2, 0.25) is 0 Å². The van der Waals surface area contributed by atoms with Gasteiger partial charge in [-0.2, -0.15) is 0 Å². The van der Waals surface area contributed by atoms with Crippen LogP contribution in [0.4, 0.5) is 0 Å². The molecule has 0 spiro atoms. The Morgan fingerprint density at radius 3 is 2.14 bits per heavy atom. The topological polar surface area (TPSA) is 133 Å². The van der Waals surface area contributed by atoms with Gasteiger partial charge in [0.1, 0.15) is 5.60 Å². The first-order valence-electron chi connectivity index (χ1n) is 6.45. The van der Waals surface area contributed by atoms with Gasteiger partial charge >= 0.3 is 5.97 Å². The van der Waals surface area contributed by atoms with Gasteiger partial charge in [0.25, 0.3) is 0 Å². The monoisotopic (exact) mass is 322 g/mol. The average molecular weight is 322 g/mol. The highest BCUT2D eigenvalue weighted by Crippen LogP contribution is 2.09. The van der Waals surface area contributed by atoms with E-state index in [1.54, 1.807) is 20.8 Å². The van der Waals surface area contributed by atoms with E-state index in [1.165, 1.54) is 0 Å². The van der Waals surface area contributed by atoms with Crippen LogP contribution in [0.1, 0.15) is 46.5 Å². The number of carbonyl (C=O) groups excluding carboxylic acids is 3. The molecule has 0 unspecified atom stereocenters. The van der Waals surface area contributed by atoms with Crippen LogP contribution in [-0.4, -0.2) is 37.6 Å². The summed E-state index contributed by atoms with van der Waals surface area (Å²) in [5.41, 5.74) is 4.22. The Morgan fingerprint density at radius 1 is 1.10 bits per heavy atom. The summed E-state index contributed by atoms with van der Waals surface area (Å²) < 4.78 is 29.8. The van der Waals surface area contributed by atoms with E-state index in [2.05, 4.69) is 0 Å². The molecular formula is C12H22N2O6S. The number of carbonyl (C=O) groups is 3. The van der Waals surface area contributed by atoms with E-state index in [1.807, 2.05) is 4.72 Å². The van der Waals surface area contributed by atoms with E-state index < -0.39 is 33.4 Å². The maximum atomic E-state index is 11.5. The van der Waals surface area contributed by atoms with Crippen molar-refractivity contribution in [2.24, 2.45) is 5.73 Å². The molecule has 0 saturated heterocycles. The van der Waals surface area contributed by atoms with E-state index >= 15 is 0 Å². The Morgan fingerprint density at radius 2 is 1.67 bits per heavy atom. The fourth-order valence-corrected chi connectivity index (χ4v) is 2.40. The van der Waals surface area contributed by atoms with Gasteiger partial charge in [-0.15, -0.1) is 0 Å². The van der Waals surface area contributed by atoms with Crippen molar-refractivity contribution in [1.29, 1.82) is 0 Å². The van der Waals surface area contributed by atoms with Crippen molar-refractivity contribution < 1.29 is 27.5 Å². The summed E-state index contributed by atoms with van der Waals surface area (Å²) in [5, 5.41) is 0. The molecule has 0 aromatic rings. The summed E-state index contributed by atoms with van der Waals surface area (Å²) in [6, 6.07) is 0. The van der Waals surface area contributed by atoms with Gasteiger partial charge in [0.15, 0.2) is 0 Å². The van der Waals surface area contributed by atoms with Gasteiger partial charge in [0.05, 0.1) is 12.2 Å². The van der Waals surface area contributed by atoms with Crippen LogP contribution in [0, 0.1) is 0 Å².